The summed E-state index contributed by atoms with van der Waals surface area (Å²) in [5, 5.41) is 30.6. The van der Waals surface area contributed by atoms with Crippen LogP contribution < -0.4 is 18.9 Å². The first kappa shape index (κ1) is 16.4. The number of unbranched alkanes of at least 4 members (excludes halogenated alkanes) is 2. The zero-order valence-corrected chi connectivity index (χ0v) is 8.51. The van der Waals surface area contributed by atoms with Crippen LogP contribution in [0.1, 0.15) is 25.7 Å². The summed E-state index contributed by atoms with van der Waals surface area (Å²) in [6.45, 7) is -0.128. The Balaban J connectivity index is 0. The molecule has 0 aromatic heterocycles. The molecule has 1 N–H and O–H groups in total. The van der Waals surface area contributed by atoms with Crippen LogP contribution in [0.25, 0.3) is 0 Å². The first-order chi connectivity index (χ1) is 6.57. The summed E-state index contributed by atoms with van der Waals surface area (Å²) in [7, 11) is 0. The first-order valence-electron chi connectivity index (χ1n) is 4.12. The average molecular weight is 210 g/mol. The minimum absolute atomic E-state index is 0. The van der Waals surface area contributed by atoms with E-state index in [9.17, 15) is 20.1 Å². The van der Waals surface area contributed by atoms with E-state index in [4.69, 9.17) is 5.11 Å². The molecule has 0 spiro atoms. The van der Waals surface area contributed by atoms with E-state index in [0.29, 0.717) is 19.3 Å². The van der Waals surface area contributed by atoms with Gasteiger partial charge in [-0.3, -0.25) is 10.1 Å². The minimum Gasteiger partial charge on any atom is -0.792 e. The predicted octanol–water partition coefficient (Wildman–Crippen LogP) is -2.15. The molecule has 8 heteroatoms. The molecule has 0 aromatic carbocycles. The Morgan fingerprint density at radius 1 is 1.33 bits per heavy atom. The van der Waals surface area contributed by atoms with Crippen molar-refractivity contribution in [3.8, 4) is 0 Å². The van der Waals surface area contributed by atoms with E-state index in [1.807, 2.05) is 0 Å². The van der Waals surface area contributed by atoms with Gasteiger partial charge in [-0.2, -0.15) is 0 Å². The monoisotopic (exact) mass is 210 g/mol. The maximum atomic E-state index is 10.3. The third kappa shape index (κ3) is 9.25. The Hall–Kier alpha value is -1.06. The van der Waals surface area contributed by atoms with Gasteiger partial charge in [0.15, 0.2) is 0 Å². The Kier molecular flexibility index (Phi) is 10.4. The fourth-order valence-electron chi connectivity index (χ4n) is 0.902. The van der Waals surface area contributed by atoms with Crippen LogP contribution in [0.3, 0.4) is 0 Å². The van der Waals surface area contributed by atoms with Crippen LogP contribution in [0, 0.1) is 15.3 Å². The molecule has 15 heavy (non-hydrogen) atoms. The van der Waals surface area contributed by atoms with E-state index in [2.05, 4.69) is 5.16 Å². The normalized spacial score (nSPS) is 10.5. The van der Waals surface area contributed by atoms with Crippen LogP contribution in [0.4, 0.5) is 0 Å². The summed E-state index contributed by atoms with van der Waals surface area (Å²) in [4.78, 5) is 19.7. The van der Waals surface area contributed by atoms with E-state index >= 15 is 0 Å². The first-order valence-corrected chi connectivity index (χ1v) is 4.12. The third-order valence-electron chi connectivity index (χ3n) is 1.61. The number of aliphatic carboxylic acids is 1. The molecular formula is C7H11LiN2O5. The molecule has 0 rings (SSSR count). The average Bonchev–Trinajstić information content (AvgIpc) is 2.10. The van der Waals surface area contributed by atoms with Crippen molar-refractivity contribution in [1.29, 1.82) is 0 Å². The maximum Gasteiger partial charge on any atom is 1.00 e. The molecule has 0 saturated carbocycles. The van der Waals surface area contributed by atoms with Gasteiger partial charge < -0.3 is 15.5 Å². The Bertz CT molecular complexity index is 244. The Labute approximate surface area is 98.5 Å². The zero-order chi connectivity index (χ0) is 11.0. The van der Waals surface area contributed by atoms with Gasteiger partial charge >= 0.3 is 24.8 Å². The molecule has 0 unspecified atom stereocenters. The molecule has 7 nitrogen and oxygen atoms in total. The van der Waals surface area contributed by atoms with Crippen LogP contribution in [-0.4, -0.2) is 28.3 Å². The van der Waals surface area contributed by atoms with E-state index in [1.54, 1.807) is 0 Å². The number of rotatable bonds is 7. The number of nitro groups is 1. The van der Waals surface area contributed by atoms with Gasteiger partial charge in [-0.1, -0.05) is 0 Å². The fourth-order valence-corrected chi connectivity index (χ4v) is 0.902. The van der Waals surface area contributed by atoms with Gasteiger partial charge in [0.25, 0.3) is 0 Å². The number of carboxylic acids is 1. The number of carboxylic acid groups (broad SMARTS) is 1. The van der Waals surface area contributed by atoms with Crippen molar-refractivity contribution in [2.24, 2.45) is 5.16 Å². The molecule has 80 valence electrons. The predicted molar refractivity (Wildman–Crippen MR) is 48.8 cm³/mol. The molecular weight excluding hydrogens is 199 g/mol. The van der Waals surface area contributed by atoms with E-state index in [-0.39, 0.29) is 31.8 Å². The van der Waals surface area contributed by atoms with Crippen molar-refractivity contribution in [2.75, 3.05) is 6.54 Å². The quantitative estimate of drug-likeness (QED) is 0.169. The molecule has 0 aliphatic rings. The summed E-state index contributed by atoms with van der Waals surface area (Å²) < 4.78 is 0. The third-order valence-corrected chi connectivity index (χ3v) is 1.61. The Morgan fingerprint density at radius 3 is 2.33 bits per heavy atom. The van der Waals surface area contributed by atoms with Crippen molar-refractivity contribution >= 4 is 11.7 Å². The van der Waals surface area contributed by atoms with Gasteiger partial charge in [0, 0.05) is 11.3 Å². The maximum absolute atomic E-state index is 10.3. The standard InChI is InChI=1S/C7H12N2O5.Li/c10-7(11)6(8-12)4-2-1-3-5-9(13)14;/h12H,1-5H2,(H,10,11);/q;+1/p-1/b8-6+;. The molecule has 0 heterocycles. The largest absolute Gasteiger partial charge is 1.00 e. The van der Waals surface area contributed by atoms with Gasteiger partial charge in [0.2, 0.25) is 6.54 Å². The molecule has 0 atom stereocenters. The van der Waals surface area contributed by atoms with E-state index in [1.165, 1.54) is 0 Å². The van der Waals surface area contributed by atoms with E-state index < -0.39 is 16.6 Å². The van der Waals surface area contributed by atoms with Crippen molar-refractivity contribution < 1.29 is 33.7 Å². The summed E-state index contributed by atoms with van der Waals surface area (Å²) in [5.41, 5.74) is -0.425. The van der Waals surface area contributed by atoms with Crippen molar-refractivity contribution in [3.63, 3.8) is 0 Å². The van der Waals surface area contributed by atoms with E-state index in [0.717, 1.165) is 0 Å². The van der Waals surface area contributed by atoms with Crippen LogP contribution in [0.2, 0.25) is 0 Å². The molecule has 0 fully saturated rings. The fraction of sp³-hybridized carbons (Fsp3) is 0.714. The minimum atomic E-state index is -1.32. The molecule has 0 aliphatic heterocycles. The number of carbonyl (C=O) groups is 1. The van der Waals surface area contributed by atoms with Crippen molar-refractivity contribution in [1.82, 2.24) is 0 Å². The summed E-state index contributed by atoms with van der Waals surface area (Å²) >= 11 is 0. The molecule has 0 amide bonds. The van der Waals surface area contributed by atoms with Crippen LogP contribution >= 0.6 is 0 Å². The van der Waals surface area contributed by atoms with Crippen LogP contribution in [0.5, 0.6) is 0 Å². The number of hydrogen-bond donors (Lipinski definition) is 1. The van der Waals surface area contributed by atoms with Gasteiger partial charge in [-0.15, -0.1) is 0 Å². The topological polar surface area (TPSA) is 116 Å². The smallest absolute Gasteiger partial charge is 0.792 e. The van der Waals surface area contributed by atoms with Crippen LogP contribution in [0.15, 0.2) is 5.16 Å². The van der Waals surface area contributed by atoms with Gasteiger partial charge in [0.1, 0.15) is 5.71 Å². The van der Waals surface area contributed by atoms with Gasteiger partial charge in [0.05, 0.1) is 0 Å². The van der Waals surface area contributed by atoms with Gasteiger partial charge in [-0.05, 0) is 19.3 Å². The summed E-state index contributed by atoms with van der Waals surface area (Å²) in [6.07, 6.45) is 1.41. The van der Waals surface area contributed by atoms with Crippen molar-refractivity contribution in [2.45, 2.75) is 25.7 Å². The molecule has 0 aromatic rings. The zero-order valence-electron chi connectivity index (χ0n) is 8.51. The Morgan fingerprint density at radius 2 is 1.93 bits per heavy atom. The second kappa shape index (κ2) is 9.49. The molecule has 0 aliphatic carbocycles. The molecule has 0 saturated heterocycles. The van der Waals surface area contributed by atoms with Gasteiger partial charge in [-0.25, -0.2) is 4.79 Å². The summed E-state index contributed by atoms with van der Waals surface area (Å²) in [6, 6.07) is 0. The molecule has 0 radical (unpaired) electrons. The SMILES string of the molecule is O=C(O)/C(CCCCC[N+](=O)[O-])=N/[O-].[Li+]. The van der Waals surface area contributed by atoms with Crippen LogP contribution in [-0.2, 0) is 4.79 Å². The second-order valence-corrected chi connectivity index (χ2v) is 2.71. The number of hydrogen-bond acceptors (Lipinski definition) is 5. The number of nitrogens with zero attached hydrogens (tertiary/aromatic N) is 2. The summed E-state index contributed by atoms with van der Waals surface area (Å²) in [5.74, 6) is -1.32. The molecule has 0 bridgehead atoms. The van der Waals surface area contributed by atoms with Crippen molar-refractivity contribution in [3.05, 3.63) is 15.3 Å². The second-order valence-electron chi connectivity index (χ2n) is 2.71.